The molecule has 2 amide bonds. The van der Waals surface area contributed by atoms with Crippen molar-refractivity contribution in [1.82, 2.24) is 14.8 Å². The molecule has 1 aliphatic rings. The zero-order chi connectivity index (χ0) is 22.6. The van der Waals surface area contributed by atoms with Gasteiger partial charge in [0.2, 0.25) is 5.91 Å². The number of ether oxygens (including phenoxy) is 1. The van der Waals surface area contributed by atoms with Gasteiger partial charge in [0.1, 0.15) is 17.8 Å². The molecule has 2 rings (SSSR count). The minimum absolute atomic E-state index is 0.0153. The SMILES string of the molecule is C=C(N)N1CCCC(NC(=O)Cn2cccc(N(C)C(=O)OC(C)(C)C)c2=O)C1C. The molecule has 2 unspecified atom stereocenters. The number of piperidine rings is 1. The van der Waals surface area contributed by atoms with Crippen molar-refractivity contribution in [3.63, 3.8) is 0 Å². The number of hydrogen-bond donors (Lipinski definition) is 2. The minimum Gasteiger partial charge on any atom is -0.443 e. The molecule has 1 aromatic heterocycles. The van der Waals surface area contributed by atoms with Crippen LogP contribution in [0, 0.1) is 0 Å². The number of likely N-dealkylation sites (tertiary alicyclic amines) is 1. The molecule has 1 aliphatic heterocycles. The molecule has 1 saturated heterocycles. The molecule has 9 heteroatoms. The van der Waals surface area contributed by atoms with Crippen LogP contribution in [0.4, 0.5) is 10.5 Å². The summed E-state index contributed by atoms with van der Waals surface area (Å²) in [6.07, 6.45) is 2.60. The Balaban J connectivity index is 2.09. The Kier molecular flexibility index (Phi) is 7.17. The standard InChI is InChI=1S/C21H33N5O4/c1-14-16(9-7-12-26(14)15(2)22)23-18(27)13-25-11-8-10-17(19(25)28)24(6)20(29)30-21(3,4)5/h8,10-11,14,16H,2,7,9,12-13,22H2,1,3-6H3,(H,23,27). The zero-order valence-corrected chi connectivity index (χ0v) is 18.5. The quantitative estimate of drug-likeness (QED) is 0.750. The average molecular weight is 420 g/mol. The Labute approximate surface area is 177 Å². The van der Waals surface area contributed by atoms with Crippen LogP contribution in [0.15, 0.2) is 35.5 Å². The fourth-order valence-electron chi connectivity index (χ4n) is 3.48. The summed E-state index contributed by atoms with van der Waals surface area (Å²) >= 11 is 0. The molecule has 30 heavy (non-hydrogen) atoms. The average Bonchev–Trinajstić information content (AvgIpc) is 2.63. The Morgan fingerprint density at radius 2 is 2.07 bits per heavy atom. The minimum atomic E-state index is -0.682. The second-order valence-electron chi connectivity index (χ2n) is 8.61. The highest BCUT2D eigenvalue weighted by molar-refractivity contribution is 5.87. The van der Waals surface area contributed by atoms with Crippen molar-refractivity contribution in [3.8, 4) is 0 Å². The summed E-state index contributed by atoms with van der Waals surface area (Å²) in [6.45, 7) is 11.7. The lowest BCUT2D eigenvalue weighted by molar-refractivity contribution is -0.123. The normalized spacial score (nSPS) is 19.2. The molecular formula is C21H33N5O4. The van der Waals surface area contributed by atoms with Crippen molar-refractivity contribution in [2.75, 3.05) is 18.5 Å². The van der Waals surface area contributed by atoms with Gasteiger partial charge >= 0.3 is 6.09 Å². The van der Waals surface area contributed by atoms with Crippen LogP contribution < -0.4 is 21.5 Å². The topological polar surface area (TPSA) is 110 Å². The van der Waals surface area contributed by atoms with Crippen molar-refractivity contribution in [2.45, 2.75) is 64.8 Å². The molecule has 0 saturated carbocycles. The molecule has 0 bridgehead atoms. The van der Waals surface area contributed by atoms with Crippen LogP contribution in [-0.4, -0.2) is 52.7 Å². The lowest BCUT2D eigenvalue weighted by atomic mass is 9.97. The second kappa shape index (κ2) is 9.23. The van der Waals surface area contributed by atoms with Gasteiger partial charge in [-0.25, -0.2) is 4.79 Å². The molecule has 0 aliphatic carbocycles. The lowest BCUT2D eigenvalue weighted by Crippen LogP contribution is -2.54. The fraction of sp³-hybridized carbons (Fsp3) is 0.571. The van der Waals surface area contributed by atoms with Gasteiger partial charge in [0.25, 0.3) is 5.56 Å². The summed E-state index contributed by atoms with van der Waals surface area (Å²) in [5.41, 5.74) is 4.84. The van der Waals surface area contributed by atoms with Crippen LogP contribution in [0.25, 0.3) is 0 Å². The van der Waals surface area contributed by atoms with E-state index < -0.39 is 17.3 Å². The van der Waals surface area contributed by atoms with Crippen LogP contribution in [0.1, 0.15) is 40.5 Å². The van der Waals surface area contributed by atoms with Crippen LogP contribution in [-0.2, 0) is 16.1 Å². The molecule has 3 N–H and O–H groups in total. The highest BCUT2D eigenvalue weighted by Crippen LogP contribution is 2.19. The Hall–Kier alpha value is -2.97. The largest absolute Gasteiger partial charge is 0.443 e. The summed E-state index contributed by atoms with van der Waals surface area (Å²) in [6, 6.07) is 3.07. The molecule has 2 heterocycles. The van der Waals surface area contributed by atoms with E-state index >= 15 is 0 Å². The predicted octanol–water partition coefficient (Wildman–Crippen LogP) is 1.62. The number of amides is 2. The molecule has 0 aromatic carbocycles. The van der Waals surface area contributed by atoms with Crippen molar-refractivity contribution >= 4 is 17.7 Å². The van der Waals surface area contributed by atoms with E-state index in [-0.39, 0.29) is 30.2 Å². The van der Waals surface area contributed by atoms with E-state index in [1.165, 1.54) is 23.9 Å². The van der Waals surface area contributed by atoms with E-state index in [1.54, 1.807) is 26.8 Å². The van der Waals surface area contributed by atoms with Crippen LogP contribution in [0.3, 0.4) is 0 Å². The molecule has 9 nitrogen and oxygen atoms in total. The van der Waals surface area contributed by atoms with Gasteiger partial charge in [-0.15, -0.1) is 0 Å². The maximum absolute atomic E-state index is 12.8. The molecule has 1 fully saturated rings. The monoisotopic (exact) mass is 419 g/mol. The first-order chi connectivity index (χ1) is 13.9. The van der Waals surface area contributed by atoms with E-state index in [2.05, 4.69) is 11.9 Å². The maximum atomic E-state index is 12.8. The third-order valence-corrected chi connectivity index (χ3v) is 5.05. The first-order valence-electron chi connectivity index (χ1n) is 10.1. The van der Waals surface area contributed by atoms with Crippen LogP contribution >= 0.6 is 0 Å². The summed E-state index contributed by atoms with van der Waals surface area (Å²) in [4.78, 5) is 40.8. The molecule has 1 aromatic rings. The van der Waals surface area contributed by atoms with Crippen molar-refractivity contribution < 1.29 is 14.3 Å². The summed E-state index contributed by atoms with van der Waals surface area (Å²) in [7, 11) is 1.47. The number of pyridine rings is 1. The molecule has 0 spiro atoms. The number of carbonyl (C=O) groups is 2. The van der Waals surface area contributed by atoms with E-state index in [4.69, 9.17) is 10.5 Å². The van der Waals surface area contributed by atoms with Gasteiger partial charge in [0.05, 0.1) is 5.82 Å². The van der Waals surface area contributed by atoms with Gasteiger partial charge in [-0.2, -0.15) is 0 Å². The Bertz CT molecular complexity index is 858. The van der Waals surface area contributed by atoms with Gasteiger partial charge < -0.3 is 25.3 Å². The van der Waals surface area contributed by atoms with E-state index in [9.17, 15) is 14.4 Å². The Morgan fingerprint density at radius 3 is 2.67 bits per heavy atom. The van der Waals surface area contributed by atoms with Gasteiger partial charge in [0, 0.05) is 31.9 Å². The number of nitrogens with zero attached hydrogens (tertiary/aromatic N) is 3. The molecule has 0 radical (unpaired) electrons. The van der Waals surface area contributed by atoms with E-state index in [1.807, 2.05) is 11.8 Å². The Morgan fingerprint density at radius 1 is 1.40 bits per heavy atom. The van der Waals surface area contributed by atoms with E-state index in [0.717, 1.165) is 24.3 Å². The van der Waals surface area contributed by atoms with E-state index in [0.29, 0.717) is 5.82 Å². The number of aromatic nitrogens is 1. The lowest BCUT2D eigenvalue weighted by Gasteiger charge is -2.40. The number of nitrogens with one attached hydrogen (secondary N) is 1. The van der Waals surface area contributed by atoms with Crippen molar-refractivity contribution in [1.29, 1.82) is 0 Å². The van der Waals surface area contributed by atoms with Crippen LogP contribution in [0.5, 0.6) is 0 Å². The molecule has 2 atom stereocenters. The van der Waals surface area contributed by atoms with Crippen molar-refractivity contribution in [2.24, 2.45) is 5.73 Å². The highest BCUT2D eigenvalue weighted by Gasteiger charge is 2.29. The molecule has 166 valence electrons. The predicted molar refractivity (Wildman–Crippen MR) is 116 cm³/mol. The number of carbonyl (C=O) groups excluding carboxylic acids is 2. The zero-order valence-electron chi connectivity index (χ0n) is 18.5. The van der Waals surface area contributed by atoms with Crippen molar-refractivity contribution in [3.05, 3.63) is 41.1 Å². The first-order valence-corrected chi connectivity index (χ1v) is 10.1. The number of anilines is 1. The summed E-state index contributed by atoms with van der Waals surface area (Å²) in [5.74, 6) is 0.200. The van der Waals surface area contributed by atoms with Gasteiger partial charge in [0.15, 0.2) is 0 Å². The number of hydrogen-bond acceptors (Lipinski definition) is 6. The summed E-state index contributed by atoms with van der Waals surface area (Å²) < 4.78 is 6.59. The molecular weight excluding hydrogens is 386 g/mol. The number of rotatable bonds is 5. The van der Waals surface area contributed by atoms with Gasteiger partial charge in [-0.1, -0.05) is 6.58 Å². The van der Waals surface area contributed by atoms with Gasteiger partial charge in [-0.05, 0) is 52.7 Å². The fourth-order valence-corrected chi connectivity index (χ4v) is 3.48. The smallest absolute Gasteiger partial charge is 0.414 e. The maximum Gasteiger partial charge on any atom is 0.414 e. The summed E-state index contributed by atoms with van der Waals surface area (Å²) in [5, 5.41) is 2.99. The highest BCUT2D eigenvalue weighted by atomic mass is 16.6. The number of nitrogens with two attached hydrogens (primary N) is 1. The van der Waals surface area contributed by atoms with Gasteiger partial charge in [-0.3, -0.25) is 14.5 Å². The second-order valence-corrected chi connectivity index (χ2v) is 8.61. The van der Waals surface area contributed by atoms with Crippen LogP contribution in [0.2, 0.25) is 0 Å². The first kappa shape index (κ1) is 23.3. The third-order valence-electron chi connectivity index (χ3n) is 5.05. The third kappa shape index (κ3) is 5.77.